The van der Waals surface area contributed by atoms with Gasteiger partial charge in [-0.25, -0.2) is 14.2 Å². The first-order valence-corrected chi connectivity index (χ1v) is 12.9. The number of anilines is 2. The number of benzene rings is 1. The number of nitrogens with two attached hydrogens (primary N) is 1. The molecule has 3 N–H and O–H groups in total. The maximum Gasteiger partial charge on any atom is 0.325 e. The molecule has 10 nitrogen and oxygen atoms in total. The zero-order valence-corrected chi connectivity index (χ0v) is 22.8. The van der Waals surface area contributed by atoms with Crippen molar-refractivity contribution in [1.29, 1.82) is 0 Å². The number of nitrogens with one attached hydrogen (secondary N) is 1. The number of halogens is 1. The monoisotopic (exact) mass is 535 g/mol. The van der Waals surface area contributed by atoms with Gasteiger partial charge in [0.1, 0.15) is 17.7 Å². The van der Waals surface area contributed by atoms with Gasteiger partial charge in [0.15, 0.2) is 0 Å². The number of nitrogen functional groups attached to an aromatic ring is 1. The Balaban J connectivity index is 1.62. The summed E-state index contributed by atoms with van der Waals surface area (Å²) in [7, 11) is 3.31. The van der Waals surface area contributed by atoms with E-state index in [1.807, 2.05) is 13.0 Å². The van der Waals surface area contributed by atoms with E-state index in [2.05, 4.69) is 15.4 Å². The van der Waals surface area contributed by atoms with Crippen LogP contribution >= 0.6 is 0 Å². The Morgan fingerprint density at radius 1 is 1.23 bits per heavy atom. The lowest BCUT2D eigenvalue weighted by Gasteiger charge is -2.46. The predicted octanol–water partition coefficient (Wildman–Crippen LogP) is 3.44. The first-order chi connectivity index (χ1) is 18.5. The number of carbonyl (C=O) groups excluding carboxylic acids is 3. The van der Waals surface area contributed by atoms with Gasteiger partial charge in [0, 0.05) is 26.0 Å². The highest BCUT2D eigenvalue weighted by Crippen LogP contribution is 2.34. The molecule has 0 spiro atoms. The van der Waals surface area contributed by atoms with Crippen molar-refractivity contribution >= 4 is 29.4 Å². The molecular weight excluding hydrogens is 501 g/mol. The van der Waals surface area contributed by atoms with Crippen LogP contribution in [0.3, 0.4) is 0 Å². The molecule has 1 fully saturated rings. The molecule has 3 aromatic rings. The van der Waals surface area contributed by atoms with Crippen molar-refractivity contribution in [2.75, 3.05) is 17.7 Å². The number of β-lactam (4-membered cyclic amide) rings is 1. The number of nitrogens with zero attached hydrogens (tertiary/aromatic N) is 5. The van der Waals surface area contributed by atoms with E-state index < -0.39 is 35.8 Å². The van der Waals surface area contributed by atoms with E-state index in [9.17, 15) is 18.8 Å². The van der Waals surface area contributed by atoms with Gasteiger partial charge in [-0.2, -0.15) is 5.10 Å². The normalized spacial score (nSPS) is 17.5. The number of likely N-dealkylation sites (N-methyl/N-ethyl adjacent to an activating group) is 1. The molecule has 0 saturated carbocycles. The molecule has 39 heavy (non-hydrogen) atoms. The Bertz CT molecular complexity index is 1390. The van der Waals surface area contributed by atoms with Crippen LogP contribution in [0.4, 0.5) is 20.7 Å². The van der Waals surface area contributed by atoms with Gasteiger partial charge in [0.05, 0.1) is 23.8 Å². The zero-order chi connectivity index (χ0) is 28.4. The first-order valence-electron chi connectivity index (χ1n) is 12.9. The third-order valence-electron chi connectivity index (χ3n) is 7.06. The summed E-state index contributed by atoms with van der Waals surface area (Å²) in [5.74, 6) is -1.72. The molecule has 1 aliphatic heterocycles. The molecule has 0 aliphatic carbocycles. The molecule has 4 amide bonds. The lowest BCUT2D eigenvalue weighted by atomic mass is 9.81. The molecule has 1 saturated heterocycles. The number of hydrogen-bond acceptors (Lipinski definition) is 6. The van der Waals surface area contributed by atoms with Gasteiger partial charge in [-0.05, 0) is 61.6 Å². The molecule has 3 atom stereocenters. The van der Waals surface area contributed by atoms with Crippen LogP contribution in [0.15, 0.2) is 42.7 Å². The van der Waals surface area contributed by atoms with Gasteiger partial charge in [0.25, 0.3) is 5.91 Å². The fourth-order valence-corrected chi connectivity index (χ4v) is 4.96. The van der Waals surface area contributed by atoms with Gasteiger partial charge in [-0.15, -0.1) is 0 Å². The van der Waals surface area contributed by atoms with Gasteiger partial charge >= 0.3 is 6.03 Å². The third kappa shape index (κ3) is 5.76. The molecule has 1 aliphatic rings. The number of aromatic nitrogens is 3. The topological polar surface area (TPSA) is 126 Å². The van der Waals surface area contributed by atoms with Crippen molar-refractivity contribution in [2.45, 2.75) is 52.1 Å². The quantitative estimate of drug-likeness (QED) is 0.426. The van der Waals surface area contributed by atoms with Crippen LogP contribution in [0.5, 0.6) is 0 Å². The summed E-state index contributed by atoms with van der Waals surface area (Å²) in [5.41, 5.74) is 8.96. The van der Waals surface area contributed by atoms with Crippen molar-refractivity contribution in [1.82, 2.24) is 25.0 Å². The minimum Gasteiger partial charge on any atom is -0.384 e. The Morgan fingerprint density at radius 3 is 2.59 bits per heavy atom. The standard InChI is InChI=1S/C28H34FN7O3/c1-6-7-23(19-9-8-16(2)22(29)13-19)33-28(39)36-25(27(38)35(5)20-14-31-34(4)15-20)21(26(36)37)11-18-10-17(3)32-24(30)12-18/h8-10,12-15,21,23,25H,6-7,11H2,1-5H3,(H2,30,32)(H,33,39)/t21-,23-,25+/m1/s1. The number of likely N-dealkylation sites (tertiary alicyclic amines) is 1. The summed E-state index contributed by atoms with van der Waals surface area (Å²) < 4.78 is 15.9. The van der Waals surface area contributed by atoms with E-state index in [0.29, 0.717) is 41.2 Å². The summed E-state index contributed by atoms with van der Waals surface area (Å²) in [4.78, 5) is 47.2. The molecule has 11 heteroatoms. The van der Waals surface area contributed by atoms with E-state index in [4.69, 9.17) is 5.73 Å². The van der Waals surface area contributed by atoms with Gasteiger partial charge in [-0.1, -0.05) is 25.5 Å². The van der Waals surface area contributed by atoms with Crippen LogP contribution in [-0.4, -0.2) is 50.6 Å². The lowest BCUT2D eigenvalue weighted by Crippen LogP contribution is -2.70. The third-order valence-corrected chi connectivity index (χ3v) is 7.06. The molecule has 1 aromatic carbocycles. The van der Waals surface area contributed by atoms with Crippen molar-refractivity contribution < 1.29 is 18.8 Å². The number of pyridine rings is 1. The van der Waals surface area contributed by atoms with Crippen LogP contribution in [0.1, 0.15) is 48.2 Å². The lowest BCUT2D eigenvalue weighted by molar-refractivity contribution is -0.156. The zero-order valence-electron chi connectivity index (χ0n) is 22.8. The predicted molar refractivity (Wildman–Crippen MR) is 145 cm³/mol. The second-order valence-electron chi connectivity index (χ2n) is 10.1. The average Bonchev–Trinajstić information content (AvgIpc) is 3.31. The fraction of sp³-hybridized carbons (Fsp3) is 0.393. The highest BCUT2D eigenvalue weighted by Gasteiger charge is 2.55. The number of amides is 4. The number of rotatable bonds is 8. The van der Waals surface area contributed by atoms with Crippen molar-refractivity contribution in [2.24, 2.45) is 13.0 Å². The van der Waals surface area contributed by atoms with Crippen molar-refractivity contribution in [3.05, 3.63) is 70.9 Å². The number of hydrogen-bond donors (Lipinski definition) is 2. The number of aryl methyl sites for hydroxylation is 3. The summed E-state index contributed by atoms with van der Waals surface area (Å²) in [6.07, 6.45) is 4.67. The van der Waals surface area contributed by atoms with Gasteiger partial charge in [0.2, 0.25) is 5.91 Å². The van der Waals surface area contributed by atoms with Crippen LogP contribution in [-0.2, 0) is 23.1 Å². The van der Waals surface area contributed by atoms with Crippen molar-refractivity contribution in [3.8, 4) is 0 Å². The molecule has 0 unspecified atom stereocenters. The van der Waals surface area contributed by atoms with Crippen LogP contribution < -0.4 is 16.0 Å². The van der Waals surface area contributed by atoms with Crippen molar-refractivity contribution in [3.63, 3.8) is 0 Å². The molecule has 206 valence electrons. The van der Waals surface area contributed by atoms with Crippen LogP contribution in [0.2, 0.25) is 0 Å². The Hall–Kier alpha value is -4.28. The van der Waals surface area contributed by atoms with E-state index >= 15 is 0 Å². The van der Waals surface area contributed by atoms with Gasteiger partial charge in [-0.3, -0.25) is 19.2 Å². The number of carbonyl (C=O) groups is 3. The fourth-order valence-electron chi connectivity index (χ4n) is 4.96. The maximum atomic E-state index is 14.3. The van der Waals surface area contributed by atoms with Crippen LogP contribution in [0, 0.1) is 25.6 Å². The first kappa shape index (κ1) is 27.7. The molecule has 2 aromatic heterocycles. The highest BCUT2D eigenvalue weighted by atomic mass is 19.1. The van der Waals surface area contributed by atoms with Gasteiger partial charge < -0.3 is 16.0 Å². The van der Waals surface area contributed by atoms with E-state index in [0.717, 1.165) is 10.5 Å². The summed E-state index contributed by atoms with van der Waals surface area (Å²) in [6, 6.07) is 6.01. The molecule has 3 heterocycles. The minimum absolute atomic E-state index is 0.217. The molecule has 4 rings (SSSR count). The average molecular weight is 536 g/mol. The Kier molecular flexibility index (Phi) is 7.98. The molecule has 0 radical (unpaired) electrons. The second kappa shape index (κ2) is 11.2. The highest BCUT2D eigenvalue weighted by molar-refractivity contribution is 6.12. The van der Waals surface area contributed by atoms with E-state index in [1.165, 1.54) is 17.2 Å². The number of imide groups is 1. The number of urea groups is 1. The Morgan fingerprint density at radius 2 is 1.97 bits per heavy atom. The van der Waals surface area contributed by atoms with E-state index in [-0.39, 0.29) is 12.2 Å². The second-order valence-corrected chi connectivity index (χ2v) is 10.1. The largest absolute Gasteiger partial charge is 0.384 e. The van der Waals surface area contributed by atoms with E-state index in [1.54, 1.807) is 57.0 Å². The summed E-state index contributed by atoms with van der Waals surface area (Å²) in [6.45, 7) is 5.41. The Labute approximate surface area is 227 Å². The van der Waals surface area contributed by atoms with Crippen LogP contribution in [0.25, 0.3) is 0 Å². The summed E-state index contributed by atoms with van der Waals surface area (Å²) >= 11 is 0. The maximum absolute atomic E-state index is 14.3. The SMILES string of the molecule is CCC[C@@H](NC(=O)N1C(=O)[C@H](Cc2cc(C)nc(N)c2)[C@H]1C(=O)N(C)c1cnn(C)c1)c1ccc(C)c(F)c1. The molecule has 0 bridgehead atoms. The molecular formula is C28H34FN7O3. The summed E-state index contributed by atoms with van der Waals surface area (Å²) in [5, 5.41) is 6.98. The smallest absolute Gasteiger partial charge is 0.325 e. The minimum atomic E-state index is -1.05.